The van der Waals surface area contributed by atoms with E-state index in [-0.39, 0.29) is 17.1 Å². The molecule has 0 radical (unpaired) electrons. The number of hydrogen-bond acceptors (Lipinski definition) is 3. The molecule has 0 unspecified atom stereocenters. The Morgan fingerprint density at radius 2 is 2.19 bits per heavy atom. The molecule has 1 aromatic rings. The fourth-order valence-corrected chi connectivity index (χ4v) is 3.88. The van der Waals surface area contributed by atoms with Gasteiger partial charge >= 0.3 is 0 Å². The van der Waals surface area contributed by atoms with Crippen LogP contribution in [0.1, 0.15) is 60.7 Å². The molecule has 0 spiro atoms. The van der Waals surface area contributed by atoms with Gasteiger partial charge in [-0.25, -0.2) is 0 Å². The lowest BCUT2D eigenvalue weighted by Gasteiger charge is -2.34. The van der Waals surface area contributed by atoms with E-state index in [4.69, 9.17) is 18.0 Å². The molecule has 6 heteroatoms. The third-order valence-corrected chi connectivity index (χ3v) is 5.00. The van der Waals surface area contributed by atoms with Crippen molar-refractivity contribution in [2.75, 3.05) is 0 Å². The molecule has 1 fully saturated rings. The van der Waals surface area contributed by atoms with Gasteiger partial charge in [0.15, 0.2) is 5.11 Å². The van der Waals surface area contributed by atoms with Crippen molar-refractivity contribution < 1.29 is 4.79 Å². The van der Waals surface area contributed by atoms with E-state index in [0.29, 0.717) is 5.56 Å². The molecular formula is C15H23N3OS2. The fourth-order valence-electron chi connectivity index (χ4n) is 2.72. The number of rotatable bonds is 4. The van der Waals surface area contributed by atoms with E-state index in [1.165, 1.54) is 24.1 Å². The first kappa shape index (κ1) is 16.2. The van der Waals surface area contributed by atoms with Crippen LogP contribution < -0.4 is 11.2 Å². The van der Waals surface area contributed by atoms with Gasteiger partial charge in [0.1, 0.15) is 0 Å². The van der Waals surface area contributed by atoms with Crippen LogP contribution >= 0.6 is 23.6 Å². The van der Waals surface area contributed by atoms with Gasteiger partial charge in [-0.3, -0.25) is 15.2 Å². The molecule has 0 bridgehead atoms. The van der Waals surface area contributed by atoms with E-state index >= 15 is 0 Å². The Bertz CT molecular complexity index is 495. The minimum Gasteiger partial charge on any atom is -0.375 e. The lowest BCUT2D eigenvalue weighted by atomic mass is 9.95. The maximum Gasteiger partial charge on any atom is 0.270 e. The van der Waals surface area contributed by atoms with Crippen molar-refractivity contribution in [3.63, 3.8) is 0 Å². The summed E-state index contributed by atoms with van der Waals surface area (Å²) in [5.74, 6) is -0.119. The van der Waals surface area contributed by atoms with Crippen LogP contribution in [0, 0.1) is 0 Å². The summed E-state index contributed by atoms with van der Waals surface area (Å²) in [6, 6.07) is 2.19. The zero-order valence-corrected chi connectivity index (χ0v) is 14.1. The standard InChI is InChI=1S/C15H23N3OS2/c1-2-6-13-9-11(10-21-13)14(19)17-18(15(16)20)12-7-4-3-5-8-12/h9-10,12H,2-8H2,1H3,(H2,16,20)(H,17,19). The largest absolute Gasteiger partial charge is 0.375 e. The Hall–Kier alpha value is -1.14. The SMILES string of the molecule is CCCc1cc(C(=O)NN(C(N)=S)C2CCCCC2)cs1. The average Bonchev–Trinajstić information content (AvgIpc) is 2.94. The molecule has 21 heavy (non-hydrogen) atoms. The van der Waals surface area contributed by atoms with Crippen LogP contribution in [0.3, 0.4) is 0 Å². The first-order valence-corrected chi connectivity index (χ1v) is 8.87. The third-order valence-electron chi connectivity index (χ3n) is 3.81. The minimum atomic E-state index is -0.119. The maximum absolute atomic E-state index is 12.4. The maximum atomic E-state index is 12.4. The van der Waals surface area contributed by atoms with Gasteiger partial charge in [0.25, 0.3) is 5.91 Å². The van der Waals surface area contributed by atoms with Crippen molar-refractivity contribution in [2.45, 2.75) is 57.9 Å². The fraction of sp³-hybridized carbons (Fsp3) is 0.600. The second-order valence-electron chi connectivity index (χ2n) is 5.49. The number of aryl methyl sites for hydroxylation is 1. The average molecular weight is 326 g/mol. The number of thiocarbonyl (C=S) groups is 1. The minimum absolute atomic E-state index is 0.119. The van der Waals surface area contributed by atoms with Gasteiger partial charge in [-0.15, -0.1) is 11.3 Å². The van der Waals surface area contributed by atoms with E-state index in [1.54, 1.807) is 16.3 Å². The summed E-state index contributed by atoms with van der Waals surface area (Å²) in [5.41, 5.74) is 9.38. The normalized spacial score (nSPS) is 15.7. The highest BCUT2D eigenvalue weighted by Crippen LogP contribution is 2.22. The number of amides is 1. The monoisotopic (exact) mass is 325 g/mol. The summed E-state index contributed by atoms with van der Waals surface area (Å²) >= 11 is 6.73. The van der Waals surface area contributed by atoms with Crippen LogP contribution in [0.4, 0.5) is 0 Å². The zero-order valence-electron chi connectivity index (χ0n) is 12.4. The molecule has 1 saturated carbocycles. The molecule has 1 aliphatic rings. The van der Waals surface area contributed by atoms with Gasteiger partial charge in [-0.1, -0.05) is 32.6 Å². The third kappa shape index (κ3) is 4.41. The van der Waals surface area contributed by atoms with E-state index < -0.39 is 0 Å². The van der Waals surface area contributed by atoms with Crippen LogP contribution in [0.2, 0.25) is 0 Å². The first-order chi connectivity index (χ1) is 10.1. The van der Waals surface area contributed by atoms with Crippen molar-refractivity contribution >= 4 is 34.6 Å². The molecule has 0 aromatic carbocycles. The van der Waals surface area contributed by atoms with Crippen LogP contribution in [-0.2, 0) is 6.42 Å². The zero-order chi connectivity index (χ0) is 15.2. The first-order valence-electron chi connectivity index (χ1n) is 7.59. The molecule has 4 nitrogen and oxygen atoms in total. The molecule has 1 amide bonds. The molecule has 1 aromatic heterocycles. The van der Waals surface area contributed by atoms with Crippen molar-refractivity contribution in [2.24, 2.45) is 5.73 Å². The quantitative estimate of drug-likeness (QED) is 0.659. The van der Waals surface area contributed by atoms with Gasteiger partial charge in [-0.2, -0.15) is 0 Å². The summed E-state index contributed by atoms with van der Waals surface area (Å²) in [6.07, 6.45) is 7.74. The van der Waals surface area contributed by atoms with E-state index in [9.17, 15) is 4.79 Å². The molecule has 3 N–H and O–H groups in total. The Morgan fingerprint density at radius 1 is 1.48 bits per heavy atom. The van der Waals surface area contributed by atoms with Crippen molar-refractivity contribution in [1.82, 2.24) is 10.4 Å². The number of nitrogens with zero attached hydrogens (tertiary/aromatic N) is 1. The lowest BCUT2D eigenvalue weighted by molar-refractivity contribution is 0.0809. The molecule has 116 valence electrons. The Kier molecular flexibility index (Phi) is 5.99. The van der Waals surface area contributed by atoms with Crippen LogP contribution in [0.25, 0.3) is 0 Å². The second kappa shape index (κ2) is 7.75. The topological polar surface area (TPSA) is 58.4 Å². The highest BCUT2D eigenvalue weighted by atomic mass is 32.1. The Morgan fingerprint density at radius 3 is 2.81 bits per heavy atom. The van der Waals surface area contributed by atoms with Gasteiger partial charge in [0.2, 0.25) is 0 Å². The molecule has 0 aliphatic heterocycles. The van der Waals surface area contributed by atoms with E-state index in [0.717, 1.165) is 25.7 Å². The number of nitrogens with two attached hydrogens (primary N) is 1. The van der Waals surface area contributed by atoms with Gasteiger partial charge in [0, 0.05) is 10.3 Å². The summed E-state index contributed by atoms with van der Waals surface area (Å²) < 4.78 is 0. The summed E-state index contributed by atoms with van der Waals surface area (Å²) in [5, 5.41) is 3.84. The van der Waals surface area contributed by atoms with E-state index in [1.807, 2.05) is 11.4 Å². The second-order valence-corrected chi connectivity index (χ2v) is 6.91. The lowest BCUT2D eigenvalue weighted by Crippen LogP contribution is -2.54. The van der Waals surface area contributed by atoms with Gasteiger partial charge < -0.3 is 5.73 Å². The van der Waals surface area contributed by atoms with Gasteiger partial charge in [-0.05, 0) is 37.5 Å². The van der Waals surface area contributed by atoms with Crippen molar-refractivity contribution in [1.29, 1.82) is 0 Å². The highest BCUT2D eigenvalue weighted by molar-refractivity contribution is 7.80. The number of hydrazine groups is 1. The summed E-state index contributed by atoms with van der Waals surface area (Å²) in [6.45, 7) is 2.14. The number of carbonyl (C=O) groups excluding carboxylic acids is 1. The van der Waals surface area contributed by atoms with Crippen molar-refractivity contribution in [3.8, 4) is 0 Å². The number of nitrogens with one attached hydrogen (secondary N) is 1. The van der Waals surface area contributed by atoms with Gasteiger partial charge in [0.05, 0.1) is 11.6 Å². The smallest absolute Gasteiger partial charge is 0.270 e. The van der Waals surface area contributed by atoms with Crippen LogP contribution in [0.5, 0.6) is 0 Å². The van der Waals surface area contributed by atoms with Crippen molar-refractivity contribution in [3.05, 3.63) is 21.9 Å². The predicted molar refractivity (Wildman–Crippen MR) is 91.3 cm³/mol. The Labute approximate surface area is 135 Å². The molecule has 1 heterocycles. The molecule has 0 atom stereocenters. The molecular weight excluding hydrogens is 302 g/mol. The molecule has 1 aliphatic carbocycles. The molecule has 0 saturated heterocycles. The predicted octanol–water partition coefficient (Wildman–Crippen LogP) is 3.22. The van der Waals surface area contributed by atoms with E-state index in [2.05, 4.69) is 12.3 Å². The van der Waals surface area contributed by atoms with Crippen LogP contribution in [-0.4, -0.2) is 22.1 Å². The Balaban J connectivity index is 2.01. The number of carbonyl (C=O) groups is 1. The number of thiophene rings is 1. The molecule has 2 rings (SSSR count). The number of hydrogen-bond donors (Lipinski definition) is 2. The highest BCUT2D eigenvalue weighted by Gasteiger charge is 2.24. The van der Waals surface area contributed by atoms with Crippen LogP contribution in [0.15, 0.2) is 11.4 Å². The summed E-state index contributed by atoms with van der Waals surface area (Å²) in [4.78, 5) is 13.6. The summed E-state index contributed by atoms with van der Waals surface area (Å²) in [7, 11) is 0.